The predicted molar refractivity (Wildman–Crippen MR) is 136 cm³/mol. The van der Waals surface area contributed by atoms with Crippen LogP contribution >= 0.6 is 11.6 Å². The van der Waals surface area contributed by atoms with E-state index in [0.29, 0.717) is 54.7 Å². The highest BCUT2D eigenvalue weighted by molar-refractivity contribution is 6.32. The molecule has 2 aromatic heterocycles. The third-order valence-corrected chi connectivity index (χ3v) is 7.17. The van der Waals surface area contributed by atoms with Gasteiger partial charge < -0.3 is 4.74 Å². The number of nitrogens with zero attached hydrogens (tertiary/aromatic N) is 3. The Balaban J connectivity index is 1.45. The van der Waals surface area contributed by atoms with Gasteiger partial charge in [-0.05, 0) is 56.0 Å². The lowest BCUT2D eigenvalue weighted by Gasteiger charge is -2.40. The smallest absolute Gasteiger partial charge is 0.249 e. The van der Waals surface area contributed by atoms with Crippen molar-refractivity contribution < 1.29 is 19.1 Å². The van der Waals surface area contributed by atoms with Gasteiger partial charge >= 0.3 is 0 Å². The SMILES string of the molecule is COc1ccc2ncc(Cl)c([C@H](F)CCC3(C(=O)NO)CCN(CC#Cc4ccncc4)CC3)c2c1. The van der Waals surface area contributed by atoms with Crippen LogP contribution in [0.25, 0.3) is 10.9 Å². The van der Waals surface area contributed by atoms with E-state index in [4.69, 9.17) is 16.3 Å². The fraction of sp³-hybridized carbons (Fsp3) is 0.370. The molecule has 0 aliphatic carbocycles. The zero-order valence-electron chi connectivity index (χ0n) is 20.0. The van der Waals surface area contributed by atoms with Crippen LogP contribution in [0.4, 0.5) is 4.39 Å². The second kappa shape index (κ2) is 11.7. The summed E-state index contributed by atoms with van der Waals surface area (Å²) in [6.45, 7) is 1.79. The number of carbonyl (C=O) groups excluding carboxylic acids is 1. The van der Waals surface area contributed by atoms with E-state index >= 15 is 4.39 Å². The second-order valence-electron chi connectivity index (χ2n) is 8.94. The summed E-state index contributed by atoms with van der Waals surface area (Å²) in [6.07, 6.45) is 4.74. The van der Waals surface area contributed by atoms with Gasteiger partial charge in [-0.15, -0.1) is 0 Å². The van der Waals surface area contributed by atoms with Gasteiger partial charge in [0.15, 0.2) is 0 Å². The van der Waals surface area contributed by atoms with E-state index in [1.807, 2.05) is 17.6 Å². The van der Waals surface area contributed by atoms with Gasteiger partial charge in [0.25, 0.3) is 0 Å². The van der Waals surface area contributed by atoms with Crippen LogP contribution in [-0.2, 0) is 4.79 Å². The van der Waals surface area contributed by atoms with Crippen molar-refractivity contribution in [3.63, 3.8) is 0 Å². The van der Waals surface area contributed by atoms with Crippen molar-refractivity contribution in [3.8, 4) is 17.6 Å². The molecule has 0 bridgehead atoms. The maximum absolute atomic E-state index is 15.7. The first-order valence-corrected chi connectivity index (χ1v) is 12.2. The van der Waals surface area contributed by atoms with E-state index in [0.717, 1.165) is 5.56 Å². The number of methoxy groups -OCH3 is 1. The van der Waals surface area contributed by atoms with Crippen molar-refractivity contribution in [1.29, 1.82) is 0 Å². The fourth-order valence-electron chi connectivity index (χ4n) is 4.70. The van der Waals surface area contributed by atoms with E-state index in [1.54, 1.807) is 37.7 Å². The minimum Gasteiger partial charge on any atom is -0.497 e. The Labute approximate surface area is 214 Å². The first-order valence-electron chi connectivity index (χ1n) is 11.8. The van der Waals surface area contributed by atoms with Crippen molar-refractivity contribution in [2.75, 3.05) is 26.7 Å². The number of hydrogen-bond donors (Lipinski definition) is 2. The molecule has 1 saturated heterocycles. The van der Waals surface area contributed by atoms with Crippen LogP contribution in [-0.4, -0.2) is 52.7 Å². The number of rotatable bonds is 7. The second-order valence-corrected chi connectivity index (χ2v) is 9.35. The summed E-state index contributed by atoms with van der Waals surface area (Å²) in [5.41, 5.74) is 2.78. The predicted octanol–water partition coefficient (Wildman–Crippen LogP) is 4.72. The van der Waals surface area contributed by atoms with Gasteiger partial charge in [-0.2, -0.15) is 0 Å². The Morgan fingerprint density at radius 2 is 2.06 bits per heavy atom. The minimum absolute atomic E-state index is 0.0747. The largest absolute Gasteiger partial charge is 0.497 e. The summed E-state index contributed by atoms with van der Waals surface area (Å²) < 4.78 is 21.0. The maximum Gasteiger partial charge on any atom is 0.249 e. The molecule has 1 aromatic carbocycles. The van der Waals surface area contributed by atoms with Crippen LogP contribution in [0.1, 0.15) is 43.0 Å². The molecule has 4 rings (SSSR count). The Morgan fingerprint density at radius 1 is 1.31 bits per heavy atom. The zero-order chi connectivity index (χ0) is 25.5. The van der Waals surface area contributed by atoms with Crippen LogP contribution in [0.15, 0.2) is 48.9 Å². The Kier molecular flexibility index (Phi) is 8.36. The lowest BCUT2D eigenvalue weighted by atomic mass is 9.73. The number of nitrogens with one attached hydrogen (secondary N) is 1. The molecule has 1 atom stereocenters. The molecule has 0 radical (unpaired) electrons. The average molecular weight is 511 g/mol. The number of alkyl halides is 1. The number of piperidine rings is 1. The zero-order valence-corrected chi connectivity index (χ0v) is 20.8. The lowest BCUT2D eigenvalue weighted by molar-refractivity contribution is -0.143. The quantitative estimate of drug-likeness (QED) is 0.272. The number of likely N-dealkylation sites (tertiary alicyclic amines) is 1. The molecule has 36 heavy (non-hydrogen) atoms. The molecule has 1 amide bonds. The molecule has 2 N–H and O–H groups in total. The highest BCUT2D eigenvalue weighted by Crippen LogP contribution is 2.42. The molecule has 1 aliphatic heterocycles. The van der Waals surface area contributed by atoms with Crippen molar-refractivity contribution in [2.45, 2.75) is 31.9 Å². The van der Waals surface area contributed by atoms with Crippen molar-refractivity contribution in [2.24, 2.45) is 5.41 Å². The van der Waals surface area contributed by atoms with E-state index in [2.05, 4.69) is 26.7 Å². The molecular formula is C27H28ClFN4O3. The molecular weight excluding hydrogens is 483 g/mol. The van der Waals surface area contributed by atoms with E-state index in [1.165, 1.54) is 6.20 Å². The van der Waals surface area contributed by atoms with E-state index in [-0.39, 0.29) is 17.9 Å². The topological polar surface area (TPSA) is 87.6 Å². The van der Waals surface area contributed by atoms with Crippen LogP contribution in [0.3, 0.4) is 0 Å². The van der Waals surface area contributed by atoms with E-state index < -0.39 is 17.5 Å². The molecule has 3 heterocycles. The number of halogens is 2. The number of carbonyl (C=O) groups is 1. The third-order valence-electron chi connectivity index (χ3n) is 6.87. The van der Waals surface area contributed by atoms with Gasteiger partial charge in [-0.3, -0.25) is 24.9 Å². The number of fused-ring (bicyclic) bond motifs is 1. The van der Waals surface area contributed by atoms with Crippen molar-refractivity contribution >= 4 is 28.4 Å². The van der Waals surface area contributed by atoms with Crippen LogP contribution in [0, 0.1) is 17.3 Å². The number of ether oxygens (including phenoxy) is 1. The monoisotopic (exact) mass is 510 g/mol. The fourth-order valence-corrected chi connectivity index (χ4v) is 4.97. The third kappa shape index (κ3) is 5.76. The molecule has 3 aromatic rings. The summed E-state index contributed by atoms with van der Waals surface area (Å²) in [7, 11) is 1.54. The van der Waals surface area contributed by atoms with Crippen molar-refractivity contribution in [1.82, 2.24) is 20.3 Å². The standard InChI is InChI=1S/C27H28ClFN4O3/c1-36-20-4-5-24-21(17-20)25(22(28)18-31-24)23(29)6-9-27(26(34)32-35)10-15-33(16-11-27)14-2-3-19-7-12-30-13-8-19/h4-5,7-8,12-13,17-18,23,35H,6,9-11,14-16H2,1H3,(H,32,34)/t23-/m1/s1. The van der Waals surface area contributed by atoms with Crippen LogP contribution in [0.2, 0.25) is 5.02 Å². The summed E-state index contributed by atoms with van der Waals surface area (Å²) in [6, 6.07) is 8.94. The number of hydrogen-bond acceptors (Lipinski definition) is 6. The van der Waals surface area contributed by atoms with Gasteiger partial charge in [0.05, 0.1) is 29.6 Å². The maximum atomic E-state index is 15.7. The molecule has 9 heteroatoms. The van der Waals surface area contributed by atoms with Gasteiger partial charge in [0.1, 0.15) is 11.9 Å². The molecule has 188 valence electrons. The molecule has 0 spiro atoms. The minimum atomic E-state index is -1.41. The number of pyridine rings is 2. The number of benzene rings is 1. The molecule has 0 unspecified atom stereocenters. The van der Waals surface area contributed by atoms with Gasteiger partial charge in [-0.25, -0.2) is 9.87 Å². The summed E-state index contributed by atoms with van der Waals surface area (Å²) in [5.74, 6) is 6.36. The number of hydroxylamine groups is 1. The van der Waals surface area contributed by atoms with Crippen LogP contribution in [0.5, 0.6) is 5.75 Å². The van der Waals surface area contributed by atoms with Crippen molar-refractivity contribution in [3.05, 3.63) is 65.1 Å². The number of aromatic nitrogens is 2. The summed E-state index contributed by atoms with van der Waals surface area (Å²) in [5, 5.41) is 10.2. The molecule has 1 fully saturated rings. The normalized spacial score (nSPS) is 16.1. The Hall–Kier alpha value is -3.25. The van der Waals surface area contributed by atoms with Gasteiger partial charge in [-0.1, -0.05) is 23.4 Å². The lowest BCUT2D eigenvalue weighted by Crippen LogP contribution is -2.48. The first kappa shape index (κ1) is 25.8. The van der Waals surface area contributed by atoms with Gasteiger partial charge in [0, 0.05) is 48.2 Å². The first-order chi connectivity index (χ1) is 17.5. The van der Waals surface area contributed by atoms with Crippen LogP contribution < -0.4 is 10.2 Å². The molecule has 0 saturated carbocycles. The summed E-state index contributed by atoms with van der Waals surface area (Å²) >= 11 is 6.37. The van der Waals surface area contributed by atoms with Gasteiger partial charge in [0.2, 0.25) is 5.91 Å². The van der Waals surface area contributed by atoms with E-state index in [9.17, 15) is 10.0 Å². The Morgan fingerprint density at radius 3 is 2.75 bits per heavy atom. The highest BCUT2D eigenvalue weighted by atomic mass is 35.5. The summed E-state index contributed by atoms with van der Waals surface area (Å²) in [4.78, 5) is 23.1. The molecule has 7 nitrogen and oxygen atoms in total. The highest BCUT2D eigenvalue weighted by Gasteiger charge is 2.41. The molecule has 1 aliphatic rings. The number of amides is 1. The average Bonchev–Trinajstić information content (AvgIpc) is 2.92. The Bertz CT molecular complexity index is 1270.